The van der Waals surface area contributed by atoms with Crippen LogP contribution in [0.2, 0.25) is 0 Å². The Morgan fingerprint density at radius 2 is 1.83 bits per heavy atom. The van der Waals surface area contributed by atoms with Gasteiger partial charge in [0.2, 0.25) is 0 Å². The Balaban J connectivity index is 2.03. The highest BCUT2D eigenvalue weighted by Gasteiger charge is 2.21. The van der Waals surface area contributed by atoms with E-state index in [1.807, 2.05) is 18.2 Å². The van der Waals surface area contributed by atoms with Crippen molar-refractivity contribution in [2.45, 2.75) is 44.7 Å². The fourth-order valence-corrected chi connectivity index (χ4v) is 2.83. The molecular formula is C15H23NO2. The van der Waals surface area contributed by atoms with Gasteiger partial charge in [-0.1, -0.05) is 37.5 Å². The van der Waals surface area contributed by atoms with Crippen LogP contribution < -0.4 is 0 Å². The Bertz CT molecular complexity index is 361. The number of phenols is 1. The quantitative estimate of drug-likeness (QED) is 0.842. The third-order valence-electron chi connectivity index (χ3n) is 3.84. The molecule has 0 spiro atoms. The lowest BCUT2D eigenvalue weighted by molar-refractivity contribution is 0.116. The van der Waals surface area contributed by atoms with E-state index in [1.54, 1.807) is 6.07 Å². The average molecular weight is 249 g/mol. The Labute approximate surface area is 109 Å². The lowest BCUT2D eigenvalue weighted by Gasteiger charge is -2.34. The molecule has 1 aromatic carbocycles. The van der Waals surface area contributed by atoms with Crippen LogP contribution in [-0.4, -0.2) is 34.3 Å². The van der Waals surface area contributed by atoms with E-state index in [1.165, 1.54) is 32.1 Å². The Morgan fingerprint density at radius 1 is 1.11 bits per heavy atom. The molecule has 0 radical (unpaired) electrons. The number of aliphatic hydroxyl groups excluding tert-OH is 1. The fourth-order valence-electron chi connectivity index (χ4n) is 2.83. The molecule has 3 heteroatoms. The van der Waals surface area contributed by atoms with E-state index < -0.39 is 0 Å². The standard InChI is InChI=1S/C15H23NO2/c17-11-10-16(14-7-2-1-3-8-14)12-13-6-4-5-9-15(13)18/h4-6,9,14,17-18H,1-3,7-8,10-12H2. The normalized spacial score (nSPS) is 17.2. The van der Waals surface area contributed by atoms with Crippen LogP contribution in [0.15, 0.2) is 24.3 Å². The molecule has 2 rings (SSSR count). The highest BCUT2D eigenvalue weighted by molar-refractivity contribution is 5.31. The van der Waals surface area contributed by atoms with Gasteiger partial charge in [-0.2, -0.15) is 0 Å². The Hall–Kier alpha value is -1.06. The summed E-state index contributed by atoms with van der Waals surface area (Å²) in [5, 5.41) is 19.0. The molecule has 1 fully saturated rings. The number of nitrogens with zero attached hydrogens (tertiary/aromatic N) is 1. The average Bonchev–Trinajstić information content (AvgIpc) is 2.42. The van der Waals surface area contributed by atoms with Gasteiger partial charge in [-0.05, 0) is 18.9 Å². The van der Waals surface area contributed by atoms with Gasteiger partial charge in [0.1, 0.15) is 5.75 Å². The predicted octanol–water partition coefficient (Wildman–Crippen LogP) is 2.52. The van der Waals surface area contributed by atoms with Gasteiger partial charge in [0.25, 0.3) is 0 Å². The highest BCUT2D eigenvalue weighted by atomic mass is 16.3. The van der Waals surface area contributed by atoms with Gasteiger partial charge in [0, 0.05) is 24.7 Å². The van der Waals surface area contributed by atoms with Crippen LogP contribution in [0.5, 0.6) is 5.75 Å². The van der Waals surface area contributed by atoms with Crippen LogP contribution in [0.4, 0.5) is 0 Å². The van der Waals surface area contributed by atoms with E-state index in [0.29, 0.717) is 18.3 Å². The largest absolute Gasteiger partial charge is 0.508 e. The van der Waals surface area contributed by atoms with Crippen molar-refractivity contribution in [1.29, 1.82) is 0 Å². The molecular weight excluding hydrogens is 226 g/mol. The number of hydrogen-bond acceptors (Lipinski definition) is 3. The summed E-state index contributed by atoms with van der Waals surface area (Å²) >= 11 is 0. The third kappa shape index (κ3) is 3.47. The van der Waals surface area contributed by atoms with Crippen molar-refractivity contribution < 1.29 is 10.2 Å². The first kappa shape index (κ1) is 13.4. The molecule has 1 aliphatic carbocycles. The first-order chi connectivity index (χ1) is 8.81. The van der Waals surface area contributed by atoms with Crippen LogP contribution in [0, 0.1) is 0 Å². The predicted molar refractivity (Wildman–Crippen MR) is 72.5 cm³/mol. The van der Waals surface area contributed by atoms with Gasteiger partial charge in [0.05, 0.1) is 6.61 Å². The molecule has 0 amide bonds. The molecule has 18 heavy (non-hydrogen) atoms. The van der Waals surface area contributed by atoms with Crippen LogP contribution in [0.1, 0.15) is 37.7 Å². The molecule has 0 saturated heterocycles. The molecule has 0 aromatic heterocycles. The molecule has 0 aliphatic heterocycles. The van der Waals surface area contributed by atoms with Crippen molar-refractivity contribution in [1.82, 2.24) is 4.90 Å². The summed E-state index contributed by atoms with van der Waals surface area (Å²) < 4.78 is 0. The molecule has 0 atom stereocenters. The summed E-state index contributed by atoms with van der Waals surface area (Å²) in [7, 11) is 0. The number of aromatic hydroxyl groups is 1. The number of rotatable bonds is 5. The molecule has 1 aromatic rings. The zero-order chi connectivity index (χ0) is 12.8. The second-order valence-corrected chi connectivity index (χ2v) is 5.11. The summed E-state index contributed by atoms with van der Waals surface area (Å²) in [4.78, 5) is 2.31. The van der Waals surface area contributed by atoms with Crippen molar-refractivity contribution in [3.05, 3.63) is 29.8 Å². The molecule has 100 valence electrons. The van der Waals surface area contributed by atoms with Crippen molar-refractivity contribution in [2.24, 2.45) is 0 Å². The topological polar surface area (TPSA) is 43.7 Å². The maximum Gasteiger partial charge on any atom is 0.120 e. The van der Waals surface area contributed by atoms with Crippen LogP contribution in [-0.2, 0) is 6.54 Å². The van der Waals surface area contributed by atoms with E-state index in [2.05, 4.69) is 4.90 Å². The zero-order valence-electron chi connectivity index (χ0n) is 10.9. The summed E-state index contributed by atoms with van der Waals surface area (Å²) in [5.41, 5.74) is 0.955. The van der Waals surface area contributed by atoms with E-state index in [4.69, 9.17) is 0 Å². The second kappa shape index (κ2) is 6.76. The molecule has 3 nitrogen and oxygen atoms in total. The van der Waals surface area contributed by atoms with Crippen LogP contribution in [0.3, 0.4) is 0 Å². The lowest BCUT2D eigenvalue weighted by Crippen LogP contribution is -2.38. The van der Waals surface area contributed by atoms with Gasteiger partial charge in [0.15, 0.2) is 0 Å². The van der Waals surface area contributed by atoms with E-state index in [9.17, 15) is 10.2 Å². The number of benzene rings is 1. The fraction of sp³-hybridized carbons (Fsp3) is 0.600. The minimum atomic E-state index is 0.185. The number of para-hydroxylation sites is 1. The minimum absolute atomic E-state index is 0.185. The molecule has 0 unspecified atom stereocenters. The Kier molecular flexibility index (Phi) is 5.02. The van der Waals surface area contributed by atoms with E-state index in [-0.39, 0.29) is 6.61 Å². The summed E-state index contributed by atoms with van der Waals surface area (Å²) in [6, 6.07) is 8.05. The molecule has 1 aliphatic rings. The van der Waals surface area contributed by atoms with E-state index in [0.717, 1.165) is 12.1 Å². The molecule has 0 bridgehead atoms. The van der Waals surface area contributed by atoms with Crippen molar-refractivity contribution in [3.8, 4) is 5.75 Å². The lowest BCUT2D eigenvalue weighted by atomic mass is 9.94. The van der Waals surface area contributed by atoms with E-state index >= 15 is 0 Å². The number of hydrogen-bond donors (Lipinski definition) is 2. The Morgan fingerprint density at radius 3 is 2.50 bits per heavy atom. The monoisotopic (exact) mass is 249 g/mol. The molecule has 0 heterocycles. The summed E-state index contributed by atoms with van der Waals surface area (Å²) in [6.07, 6.45) is 6.34. The summed E-state index contributed by atoms with van der Waals surface area (Å²) in [6.45, 7) is 1.61. The minimum Gasteiger partial charge on any atom is -0.508 e. The number of aliphatic hydroxyl groups is 1. The zero-order valence-corrected chi connectivity index (χ0v) is 10.9. The second-order valence-electron chi connectivity index (χ2n) is 5.11. The maximum absolute atomic E-state index is 9.84. The first-order valence-electron chi connectivity index (χ1n) is 6.93. The SMILES string of the molecule is OCCN(Cc1ccccc1O)C1CCCCC1. The van der Waals surface area contributed by atoms with Gasteiger partial charge in [-0.25, -0.2) is 0 Å². The smallest absolute Gasteiger partial charge is 0.120 e. The highest BCUT2D eigenvalue weighted by Crippen LogP contribution is 2.25. The van der Waals surface area contributed by atoms with Gasteiger partial charge >= 0.3 is 0 Å². The van der Waals surface area contributed by atoms with Crippen molar-refractivity contribution >= 4 is 0 Å². The van der Waals surface area contributed by atoms with Crippen LogP contribution >= 0.6 is 0 Å². The molecule has 2 N–H and O–H groups in total. The summed E-state index contributed by atoms with van der Waals surface area (Å²) in [5.74, 6) is 0.358. The first-order valence-corrected chi connectivity index (χ1v) is 6.93. The van der Waals surface area contributed by atoms with Crippen LogP contribution in [0.25, 0.3) is 0 Å². The van der Waals surface area contributed by atoms with Gasteiger partial charge in [-0.15, -0.1) is 0 Å². The van der Waals surface area contributed by atoms with Crippen molar-refractivity contribution in [2.75, 3.05) is 13.2 Å². The molecule has 1 saturated carbocycles. The maximum atomic E-state index is 9.84. The van der Waals surface area contributed by atoms with Gasteiger partial charge in [-0.3, -0.25) is 4.90 Å². The van der Waals surface area contributed by atoms with Gasteiger partial charge < -0.3 is 10.2 Å². The number of phenolic OH excluding ortho intramolecular Hbond substituents is 1. The van der Waals surface area contributed by atoms with Crippen molar-refractivity contribution in [3.63, 3.8) is 0 Å². The third-order valence-corrected chi connectivity index (χ3v) is 3.84.